The van der Waals surface area contributed by atoms with Crippen LogP contribution in [0.25, 0.3) is 110 Å². The highest BCUT2D eigenvalue weighted by atomic mass is 35.5. The van der Waals surface area contributed by atoms with Crippen LogP contribution >= 0.6 is 58.0 Å². The van der Waals surface area contributed by atoms with Crippen LogP contribution in [0.5, 0.6) is 0 Å². The molecule has 34 heteroatoms. The molecule has 0 radical (unpaired) electrons. The van der Waals surface area contributed by atoms with Crippen molar-refractivity contribution in [3.05, 3.63) is 374 Å². The summed E-state index contributed by atoms with van der Waals surface area (Å²) in [6, 6.07) is 67.9. The van der Waals surface area contributed by atoms with E-state index in [4.69, 9.17) is 63.7 Å². The summed E-state index contributed by atoms with van der Waals surface area (Å²) in [5, 5.41) is 35.0. The molecule has 0 aliphatic rings. The van der Waals surface area contributed by atoms with Crippen LogP contribution in [0.4, 0.5) is 23.3 Å². The second-order valence-corrected chi connectivity index (χ2v) is 32.1. The van der Waals surface area contributed by atoms with Crippen LogP contribution in [0.15, 0.2) is 288 Å². The molecule has 0 aliphatic carbocycles. The van der Waals surface area contributed by atoms with Gasteiger partial charge in [-0.15, -0.1) is 0 Å². The summed E-state index contributed by atoms with van der Waals surface area (Å²) >= 11 is 31.9. The lowest BCUT2D eigenvalue weighted by Crippen LogP contribution is -2.26. The molecule has 2 amide bonds. The molecule has 29 nitrogen and oxygen atoms in total. The molecule has 644 valence electrons. The van der Waals surface area contributed by atoms with Crippen LogP contribution in [-0.4, -0.2) is 96.9 Å². The van der Waals surface area contributed by atoms with Crippen molar-refractivity contribution in [3.63, 3.8) is 0 Å². The maximum atomic E-state index is 13.6. The monoisotopic (exact) mass is 1820 g/mol. The zero-order valence-corrected chi connectivity index (χ0v) is 73.2. The number of pyridine rings is 4. The van der Waals surface area contributed by atoms with Gasteiger partial charge in [0.25, 0.3) is 34.1 Å². The summed E-state index contributed by atoms with van der Waals surface area (Å²) in [5.74, 6) is 1.17. The molecule has 12 heterocycles. The van der Waals surface area contributed by atoms with Crippen molar-refractivity contribution in [1.82, 2.24) is 83.4 Å². The molecular formula is C96H74Cl5N23O6. The zero-order valence-electron chi connectivity index (χ0n) is 69.4. The average Bonchev–Trinajstić information content (AvgIpc) is 1.33. The molecule has 4 atom stereocenters. The largest absolute Gasteiger partial charge is 0.366 e. The van der Waals surface area contributed by atoms with Gasteiger partial charge in [-0.1, -0.05) is 179 Å². The van der Waals surface area contributed by atoms with Gasteiger partial charge >= 0.3 is 0 Å². The molecule has 0 saturated heterocycles. The summed E-state index contributed by atoms with van der Waals surface area (Å²) in [5.41, 5.74) is 13.9. The highest BCUT2D eigenvalue weighted by molar-refractivity contribution is 6.37. The van der Waals surface area contributed by atoms with Gasteiger partial charge in [0.2, 0.25) is 0 Å². The normalized spacial score (nSPS) is 12.2. The molecule has 20 aromatic rings. The minimum absolute atomic E-state index is 0.175. The van der Waals surface area contributed by atoms with E-state index in [9.17, 15) is 34.0 Å². The molecule has 11 N–H and O–H groups in total. The molecule has 0 bridgehead atoms. The van der Waals surface area contributed by atoms with Gasteiger partial charge in [0.1, 0.15) is 77.2 Å². The fourth-order valence-electron chi connectivity index (χ4n) is 16.0. The summed E-state index contributed by atoms with van der Waals surface area (Å²) in [6.07, 6.45) is 12.1. The summed E-state index contributed by atoms with van der Waals surface area (Å²) in [7, 11) is 1.57. The van der Waals surface area contributed by atoms with E-state index in [1.165, 1.54) is 31.5 Å². The van der Waals surface area contributed by atoms with E-state index in [2.05, 4.69) is 92.5 Å². The van der Waals surface area contributed by atoms with Crippen molar-refractivity contribution in [2.45, 2.75) is 51.9 Å². The maximum Gasteiger partial charge on any atom is 0.264 e. The first-order valence-electron chi connectivity index (χ1n) is 40.6. The summed E-state index contributed by atoms with van der Waals surface area (Å²) < 4.78 is 6.63. The fraction of sp³-hybridized carbons (Fsp3) is 0.0938. The van der Waals surface area contributed by atoms with Gasteiger partial charge in [0.15, 0.2) is 0 Å². The number of primary amides is 1. The van der Waals surface area contributed by atoms with Gasteiger partial charge < -0.3 is 52.3 Å². The van der Waals surface area contributed by atoms with Crippen molar-refractivity contribution in [2.24, 2.45) is 5.73 Å². The number of aromatic amines is 4. The first kappa shape index (κ1) is 86.3. The second kappa shape index (κ2) is 37.0. The lowest BCUT2D eigenvalue weighted by molar-refractivity contribution is 0.0963. The number of benzene rings is 8. The fourth-order valence-corrected chi connectivity index (χ4v) is 17.3. The van der Waals surface area contributed by atoms with Gasteiger partial charge in [-0.3, -0.25) is 47.0 Å². The molecule has 12 aromatic heterocycles. The number of nitrogens with two attached hydrogens (primary N) is 1. The number of H-pyrrole nitrogens is 4. The number of hydrogen-bond donors (Lipinski definition) is 10. The number of nitrogens with zero attached hydrogens (tertiary/aromatic N) is 13. The molecule has 20 rings (SSSR count). The van der Waals surface area contributed by atoms with Crippen LogP contribution in [0.2, 0.25) is 25.1 Å². The van der Waals surface area contributed by atoms with Crippen LogP contribution in [0.3, 0.4) is 0 Å². The molecule has 0 fully saturated rings. The quantitative estimate of drug-likeness (QED) is 0.0381. The minimum Gasteiger partial charge on any atom is -0.366 e. The van der Waals surface area contributed by atoms with Gasteiger partial charge in [-0.2, -0.15) is 5.26 Å². The predicted molar refractivity (Wildman–Crippen MR) is 514 cm³/mol. The number of rotatable bonds is 18. The molecule has 0 aliphatic heterocycles. The molecule has 8 aromatic carbocycles. The predicted octanol–water partition coefficient (Wildman–Crippen LogP) is 19.3. The number of nitriles is 1. The van der Waals surface area contributed by atoms with Crippen molar-refractivity contribution >= 4 is 180 Å². The molecule has 0 saturated carbocycles. The standard InChI is InChI=1S/C25H21ClN6O2.C24H19ClN6O2.C24H17ClN6O.C23H17Cl2N5O/c1-14(31-23-21-17(24(33)27-2)12-28-22(21)29-13-30-23)19-11-15-7-6-10-18(26)20(15)25(34)32(19)16-8-4-3-5-9-16;1-13(30-23-20-16(21(26)32)11-27-22(20)28-12-29-23)18-10-14-6-5-9-17(25)19(14)24(33)31(18)15-7-3-2-4-8-15;1-14(30-23-21-16(11-26)12-27-22(21)28-13-29-23)19-10-15-6-5-9-18(25)20(15)24(32)31(19)17-7-3-2-4-8-17;1-13(29-22-20-17(25)11-26-21(20)27-12-28-22)18-10-14-6-5-9-16(24)19(14)23(31)30(18)15-7-3-2-4-8-15/h3-14H,1-2H3,(H,27,33)(H2,28,29,30,31);2-13H,1H3,(H2,26,32)(H2,27,28,29,30);2-10,12-14H,1H3,(H2,27,28,29,30);2-13H,1H3,(H2,26,27,28,29)/t14-;13-;14-;13-/m0000/s1. The van der Waals surface area contributed by atoms with Crippen LogP contribution in [0.1, 0.15) is 101 Å². The third-order valence-electron chi connectivity index (χ3n) is 22.0. The Morgan fingerprint density at radius 2 is 0.623 bits per heavy atom. The number of aromatic nitrogens is 16. The first-order chi connectivity index (χ1) is 63.1. The van der Waals surface area contributed by atoms with Gasteiger partial charge in [-0.25, -0.2) is 39.9 Å². The zero-order chi connectivity index (χ0) is 90.7. The third kappa shape index (κ3) is 16.7. The van der Waals surface area contributed by atoms with Crippen LogP contribution in [-0.2, 0) is 0 Å². The number of carbonyl (C=O) groups is 2. The van der Waals surface area contributed by atoms with Crippen LogP contribution in [0, 0.1) is 11.3 Å². The Labute approximate surface area is 762 Å². The number of anilines is 4. The molecule has 130 heavy (non-hydrogen) atoms. The number of halogens is 5. The Hall–Kier alpha value is -15.8. The number of fused-ring (bicyclic) bond motifs is 8. The number of para-hydroxylation sites is 4. The molecule has 0 unspecified atom stereocenters. The van der Waals surface area contributed by atoms with Gasteiger partial charge in [0.05, 0.1) is 109 Å². The molecule has 0 spiro atoms. The number of hydrogen-bond acceptors (Lipinski definition) is 19. The Kier molecular flexibility index (Phi) is 24.6. The maximum absolute atomic E-state index is 13.6. The van der Waals surface area contributed by atoms with Gasteiger partial charge in [0, 0.05) is 77.4 Å². The summed E-state index contributed by atoms with van der Waals surface area (Å²) in [4.78, 5) is 125. The van der Waals surface area contributed by atoms with E-state index < -0.39 is 5.91 Å². The van der Waals surface area contributed by atoms with Crippen LogP contribution < -0.4 is 54.6 Å². The van der Waals surface area contributed by atoms with E-state index in [1.54, 1.807) is 68.2 Å². The molecular weight excluding hydrogens is 1750 g/mol. The van der Waals surface area contributed by atoms with E-state index in [0.29, 0.717) is 137 Å². The van der Waals surface area contributed by atoms with Crippen molar-refractivity contribution < 1.29 is 9.59 Å². The van der Waals surface area contributed by atoms with E-state index in [0.717, 1.165) is 55.7 Å². The minimum atomic E-state index is -0.590. The topological polar surface area (TPSA) is 398 Å². The Morgan fingerprint density at radius 3 is 0.938 bits per heavy atom. The smallest absolute Gasteiger partial charge is 0.264 e. The number of amides is 2. The number of nitrogens with one attached hydrogen (secondary N) is 9. The second-order valence-electron chi connectivity index (χ2n) is 30.0. The Morgan fingerprint density at radius 1 is 0.346 bits per heavy atom. The van der Waals surface area contributed by atoms with E-state index >= 15 is 0 Å². The number of carbonyl (C=O) groups excluding carboxylic acids is 2. The van der Waals surface area contributed by atoms with Crippen molar-refractivity contribution in [2.75, 3.05) is 28.3 Å². The van der Waals surface area contributed by atoms with Crippen molar-refractivity contribution in [1.29, 1.82) is 5.26 Å². The van der Waals surface area contributed by atoms with E-state index in [1.807, 2.05) is 222 Å². The highest BCUT2D eigenvalue weighted by Crippen LogP contribution is 2.37. The van der Waals surface area contributed by atoms with Crippen molar-refractivity contribution in [3.8, 4) is 28.8 Å². The lowest BCUT2D eigenvalue weighted by Gasteiger charge is -2.22. The lowest BCUT2D eigenvalue weighted by atomic mass is 10.1. The first-order valence-corrected chi connectivity index (χ1v) is 42.5. The third-order valence-corrected chi connectivity index (χ3v) is 23.6. The SMILES string of the molecule is CNC(=O)c1c[nH]c2ncnc(N[C@@H](C)c3cc4cccc(Cl)c4c(=O)n3-c3ccccc3)c12.C[C@H](Nc1ncnc2[nH]cc(C#N)c12)c1cc2cccc(Cl)c2c(=O)n1-c1ccccc1.C[C@H](Nc1ncnc2[nH]cc(C(N)=O)c12)c1cc2cccc(Cl)c2c(=O)n1-c1ccccc1.C[C@H](Nc1ncnc2[nH]cc(Cl)c12)c1cc2cccc(Cl)c2c(=O)n1-c1ccccc1. The average molecular weight is 1820 g/mol. The Balaban J connectivity index is 0.000000122. The highest BCUT2D eigenvalue weighted by Gasteiger charge is 2.28. The van der Waals surface area contributed by atoms with Gasteiger partial charge in [-0.05, 0) is 146 Å². The van der Waals surface area contributed by atoms with E-state index in [-0.39, 0.29) is 57.9 Å². The summed E-state index contributed by atoms with van der Waals surface area (Å²) in [6.45, 7) is 7.76. The Bertz CT molecular complexity index is 8100.